The van der Waals surface area contributed by atoms with Crippen molar-refractivity contribution in [2.75, 3.05) is 45.9 Å². The van der Waals surface area contributed by atoms with E-state index in [0.717, 1.165) is 75.3 Å². The SMILES string of the molecule is O=C(CCCNC(=O)Cn1cnc2sc3c(c2c1=O)CCCC3)NCCCN1CCOCC1. The molecule has 0 atom stereocenters. The van der Waals surface area contributed by atoms with Crippen molar-refractivity contribution in [2.24, 2.45) is 0 Å². The number of hydrogen-bond acceptors (Lipinski definition) is 7. The number of carbonyl (C=O) groups excluding carboxylic acids is 2. The van der Waals surface area contributed by atoms with Gasteiger partial charge < -0.3 is 15.4 Å². The highest BCUT2D eigenvalue weighted by molar-refractivity contribution is 7.18. The average Bonchev–Trinajstić information content (AvgIpc) is 3.21. The van der Waals surface area contributed by atoms with Crippen LogP contribution in [0.25, 0.3) is 10.2 Å². The van der Waals surface area contributed by atoms with E-state index in [1.807, 2.05) is 0 Å². The van der Waals surface area contributed by atoms with Gasteiger partial charge in [0.15, 0.2) is 0 Å². The summed E-state index contributed by atoms with van der Waals surface area (Å²) in [4.78, 5) is 46.0. The highest BCUT2D eigenvalue weighted by Crippen LogP contribution is 2.33. The summed E-state index contributed by atoms with van der Waals surface area (Å²) in [5, 5.41) is 6.43. The lowest BCUT2D eigenvalue weighted by atomic mass is 9.97. The summed E-state index contributed by atoms with van der Waals surface area (Å²) in [6.45, 7) is 5.46. The molecule has 2 aromatic rings. The quantitative estimate of drug-likeness (QED) is 0.498. The molecule has 2 N–H and O–H groups in total. The molecule has 0 radical (unpaired) electrons. The molecule has 180 valence electrons. The number of morpholine rings is 1. The van der Waals surface area contributed by atoms with Crippen molar-refractivity contribution in [3.63, 3.8) is 0 Å². The molecular weight excluding hydrogens is 442 g/mol. The Kier molecular flexibility index (Phi) is 8.46. The highest BCUT2D eigenvalue weighted by atomic mass is 32.1. The Morgan fingerprint density at radius 1 is 1.06 bits per heavy atom. The maximum atomic E-state index is 12.9. The number of hydrogen-bond donors (Lipinski definition) is 2. The van der Waals surface area contributed by atoms with Gasteiger partial charge in [-0.15, -0.1) is 11.3 Å². The Balaban J connectivity index is 1.15. The molecule has 2 aromatic heterocycles. The van der Waals surface area contributed by atoms with Crippen molar-refractivity contribution in [2.45, 2.75) is 51.5 Å². The van der Waals surface area contributed by atoms with Gasteiger partial charge in [0, 0.05) is 37.5 Å². The molecule has 1 aliphatic heterocycles. The Labute approximate surface area is 197 Å². The normalized spacial score (nSPS) is 16.5. The van der Waals surface area contributed by atoms with E-state index in [9.17, 15) is 14.4 Å². The van der Waals surface area contributed by atoms with Crippen molar-refractivity contribution >= 4 is 33.4 Å². The van der Waals surface area contributed by atoms with Crippen LogP contribution in [0.15, 0.2) is 11.1 Å². The first-order chi connectivity index (χ1) is 16.1. The van der Waals surface area contributed by atoms with E-state index < -0.39 is 0 Å². The van der Waals surface area contributed by atoms with Crippen LogP contribution in [0.3, 0.4) is 0 Å². The fourth-order valence-corrected chi connectivity index (χ4v) is 5.64. The second-order valence-electron chi connectivity index (χ2n) is 8.68. The second-order valence-corrected chi connectivity index (χ2v) is 9.76. The lowest BCUT2D eigenvalue weighted by Crippen LogP contribution is -2.38. The molecule has 2 aliphatic rings. The molecule has 0 bridgehead atoms. The Hall–Kier alpha value is -2.30. The summed E-state index contributed by atoms with van der Waals surface area (Å²) in [6.07, 6.45) is 7.49. The number of ether oxygens (including phenoxy) is 1. The van der Waals surface area contributed by atoms with Gasteiger partial charge in [-0.2, -0.15) is 0 Å². The fourth-order valence-electron chi connectivity index (χ4n) is 4.42. The van der Waals surface area contributed by atoms with E-state index in [2.05, 4.69) is 20.5 Å². The molecule has 4 rings (SSSR count). The Morgan fingerprint density at radius 3 is 2.67 bits per heavy atom. The first-order valence-electron chi connectivity index (χ1n) is 11.9. The molecule has 0 spiro atoms. The number of rotatable bonds is 10. The van der Waals surface area contributed by atoms with Gasteiger partial charge in [-0.05, 0) is 50.6 Å². The van der Waals surface area contributed by atoms with Crippen LogP contribution in [0.5, 0.6) is 0 Å². The minimum Gasteiger partial charge on any atom is -0.379 e. The van der Waals surface area contributed by atoms with E-state index >= 15 is 0 Å². The molecule has 2 amide bonds. The summed E-state index contributed by atoms with van der Waals surface area (Å²) < 4.78 is 6.72. The zero-order valence-electron chi connectivity index (χ0n) is 19.1. The summed E-state index contributed by atoms with van der Waals surface area (Å²) in [6, 6.07) is 0. The van der Waals surface area contributed by atoms with Crippen molar-refractivity contribution in [3.05, 3.63) is 27.1 Å². The van der Waals surface area contributed by atoms with Crippen molar-refractivity contribution in [1.82, 2.24) is 25.1 Å². The number of fused-ring (bicyclic) bond motifs is 3. The average molecular weight is 476 g/mol. The fraction of sp³-hybridized carbons (Fsp3) is 0.652. The maximum absolute atomic E-state index is 12.9. The second kappa shape index (κ2) is 11.7. The molecule has 1 aliphatic carbocycles. The number of thiophene rings is 1. The highest BCUT2D eigenvalue weighted by Gasteiger charge is 2.20. The summed E-state index contributed by atoms with van der Waals surface area (Å²) in [5.41, 5.74) is 0.996. The van der Waals surface area contributed by atoms with Crippen LogP contribution >= 0.6 is 11.3 Å². The van der Waals surface area contributed by atoms with Gasteiger partial charge >= 0.3 is 0 Å². The molecule has 0 aromatic carbocycles. The van der Waals surface area contributed by atoms with Gasteiger partial charge in [0.1, 0.15) is 11.4 Å². The number of amides is 2. The van der Waals surface area contributed by atoms with Gasteiger partial charge in [-0.1, -0.05) is 0 Å². The van der Waals surface area contributed by atoms with Crippen LogP contribution in [-0.4, -0.2) is 72.2 Å². The first kappa shape index (κ1) is 23.8. The van der Waals surface area contributed by atoms with E-state index in [4.69, 9.17) is 4.74 Å². The minimum absolute atomic E-state index is 0.000621. The molecule has 3 heterocycles. The zero-order valence-corrected chi connectivity index (χ0v) is 19.9. The molecule has 0 unspecified atom stereocenters. The van der Waals surface area contributed by atoms with E-state index in [0.29, 0.717) is 31.3 Å². The van der Waals surface area contributed by atoms with Crippen LogP contribution in [0.1, 0.15) is 42.5 Å². The lowest BCUT2D eigenvalue weighted by Gasteiger charge is -2.26. The van der Waals surface area contributed by atoms with Crippen LogP contribution in [0.4, 0.5) is 0 Å². The maximum Gasteiger partial charge on any atom is 0.262 e. The van der Waals surface area contributed by atoms with Gasteiger partial charge in [0.2, 0.25) is 11.8 Å². The third kappa shape index (κ3) is 6.39. The van der Waals surface area contributed by atoms with Crippen LogP contribution in [0, 0.1) is 0 Å². The van der Waals surface area contributed by atoms with Crippen LogP contribution < -0.4 is 16.2 Å². The molecule has 9 nitrogen and oxygen atoms in total. The van der Waals surface area contributed by atoms with Gasteiger partial charge in [-0.3, -0.25) is 23.9 Å². The van der Waals surface area contributed by atoms with Crippen LogP contribution in [-0.2, 0) is 33.7 Å². The number of aromatic nitrogens is 2. The Morgan fingerprint density at radius 2 is 1.82 bits per heavy atom. The van der Waals surface area contributed by atoms with Crippen molar-refractivity contribution in [3.8, 4) is 0 Å². The number of aryl methyl sites for hydroxylation is 2. The predicted octanol–water partition coefficient (Wildman–Crippen LogP) is 1.07. The third-order valence-electron chi connectivity index (χ3n) is 6.24. The number of nitrogens with one attached hydrogen (secondary N) is 2. The largest absolute Gasteiger partial charge is 0.379 e. The molecule has 1 saturated heterocycles. The smallest absolute Gasteiger partial charge is 0.262 e. The first-order valence-corrected chi connectivity index (χ1v) is 12.8. The molecule has 33 heavy (non-hydrogen) atoms. The standard InChI is InChI=1S/C23H33N5O4S/c29-19(24-9-4-10-27-11-13-32-14-12-27)7-3-8-25-20(30)15-28-16-26-22-21(23(28)31)17-5-1-2-6-18(17)33-22/h16H,1-15H2,(H,24,29)(H,25,30). The predicted molar refractivity (Wildman–Crippen MR) is 128 cm³/mol. The van der Waals surface area contributed by atoms with Gasteiger partial charge in [0.25, 0.3) is 5.56 Å². The molecular formula is C23H33N5O4S. The summed E-state index contributed by atoms with van der Waals surface area (Å²) >= 11 is 1.60. The van der Waals surface area contributed by atoms with Gasteiger partial charge in [0.05, 0.1) is 24.9 Å². The summed E-state index contributed by atoms with van der Waals surface area (Å²) in [7, 11) is 0. The molecule has 10 heteroatoms. The van der Waals surface area contributed by atoms with Gasteiger partial charge in [-0.25, -0.2) is 4.98 Å². The van der Waals surface area contributed by atoms with Crippen molar-refractivity contribution in [1.29, 1.82) is 0 Å². The van der Waals surface area contributed by atoms with Crippen LogP contribution in [0.2, 0.25) is 0 Å². The van der Waals surface area contributed by atoms with E-state index in [1.165, 1.54) is 15.8 Å². The number of carbonyl (C=O) groups is 2. The number of nitrogens with zero attached hydrogens (tertiary/aromatic N) is 3. The molecule has 0 saturated carbocycles. The minimum atomic E-state index is -0.242. The molecule has 1 fully saturated rings. The van der Waals surface area contributed by atoms with Crippen molar-refractivity contribution < 1.29 is 14.3 Å². The van der Waals surface area contributed by atoms with E-state index in [-0.39, 0.29) is 23.9 Å². The van der Waals surface area contributed by atoms with E-state index in [1.54, 1.807) is 11.3 Å². The lowest BCUT2D eigenvalue weighted by molar-refractivity contribution is -0.123. The Bertz CT molecular complexity index is 1030. The third-order valence-corrected chi connectivity index (χ3v) is 7.44. The monoisotopic (exact) mass is 475 g/mol. The summed E-state index contributed by atoms with van der Waals surface area (Å²) in [5.74, 6) is -0.243. The zero-order chi connectivity index (χ0) is 23.0. The topological polar surface area (TPSA) is 106 Å².